The van der Waals surface area contributed by atoms with Gasteiger partial charge in [0.05, 0.1) is 16.7 Å². The Morgan fingerprint density at radius 2 is 1.85 bits per heavy atom. The molecule has 7 heteroatoms. The number of hydrogen-bond donors (Lipinski definition) is 0. The molecule has 0 radical (unpaired) electrons. The van der Waals surface area contributed by atoms with E-state index in [1.807, 2.05) is 48.3 Å². The minimum absolute atomic E-state index is 0.0670. The van der Waals surface area contributed by atoms with Crippen LogP contribution in [-0.2, 0) is 6.42 Å². The molecule has 2 aliphatic heterocycles. The number of benzene rings is 2. The topological polar surface area (TPSA) is 59.8 Å². The van der Waals surface area contributed by atoms with E-state index in [0.29, 0.717) is 18.8 Å². The highest BCUT2D eigenvalue weighted by molar-refractivity contribution is 5.97. The van der Waals surface area contributed by atoms with Gasteiger partial charge in [0.1, 0.15) is 19.0 Å². The first-order chi connectivity index (χ1) is 16.0. The summed E-state index contributed by atoms with van der Waals surface area (Å²) >= 11 is 0. The Morgan fingerprint density at radius 3 is 2.61 bits per heavy atom. The standard InChI is InChI=1S/C26H32N4O3/c1-4-5-25-27-21-16-18(26(31)29(3)19-10-12-28(2)13-11-19)6-8-22(21)30(25)20-7-9-23-24(17-20)33-15-14-32-23/h6-9,16-17,19H,4-5,10-15H2,1-3H3. The molecule has 2 aromatic carbocycles. The third kappa shape index (κ3) is 4.17. The number of hydrogen-bond acceptors (Lipinski definition) is 5. The molecule has 0 bridgehead atoms. The van der Waals surface area contributed by atoms with Gasteiger partial charge >= 0.3 is 0 Å². The van der Waals surface area contributed by atoms with Crippen LogP contribution in [-0.4, -0.2) is 71.7 Å². The summed E-state index contributed by atoms with van der Waals surface area (Å²) in [6.07, 6.45) is 3.86. The zero-order valence-corrected chi connectivity index (χ0v) is 19.7. The van der Waals surface area contributed by atoms with Crippen LogP contribution in [0.25, 0.3) is 16.7 Å². The number of rotatable bonds is 5. The zero-order chi connectivity index (χ0) is 22.9. The molecule has 0 N–H and O–H groups in total. The fourth-order valence-corrected chi connectivity index (χ4v) is 4.87. The number of ether oxygens (including phenoxy) is 2. The van der Waals surface area contributed by atoms with Crippen molar-refractivity contribution < 1.29 is 14.3 Å². The second-order valence-electron chi connectivity index (χ2n) is 9.10. The molecular formula is C26H32N4O3. The largest absolute Gasteiger partial charge is 0.486 e. The SMILES string of the molecule is CCCc1nc2cc(C(=O)N(C)C3CCN(C)CC3)ccc2n1-c1ccc2c(c1)OCCO2. The van der Waals surface area contributed by atoms with Gasteiger partial charge in [0, 0.05) is 31.1 Å². The highest BCUT2D eigenvalue weighted by Crippen LogP contribution is 2.34. The molecule has 5 rings (SSSR count). The second kappa shape index (κ2) is 9.06. The van der Waals surface area contributed by atoms with Gasteiger partial charge in [0.25, 0.3) is 5.91 Å². The normalized spacial score (nSPS) is 16.8. The lowest BCUT2D eigenvalue weighted by Gasteiger charge is -2.35. The van der Waals surface area contributed by atoms with Crippen molar-refractivity contribution in [1.29, 1.82) is 0 Å². The molecule has 0 spiro atoms. The zero-order valence-electron chi connectivity index (χ0n) is 19.7. The average Bonchev–Trinajstić information content (AvgIpc) is 3.20. The third-order valence-electron chi connectivity index (χ3n) is 6.78. The Kier molecular flexibility index (Phi) is 5.98. The van der Waals surface area contributed by atoms with E-state index in [4.69, 9.17) is 14.5 Å². The van der Waals surface area contributed by atoms with E-state index < -0.39 is 0 Å². The van der Waals surface area contributed by atoms with Gasteiger partial charge in [0.2, 0.25) is 0 Å². The molecule has 33 heavy (non-hydrogen) atoms. The van der Waals surface area contributed by atoms with Crippen LogP contribution < -0.4 is 9.47 Å². The van der Waals surface area contributed by atoms with Crippen molar-refractivity contribution in [2.75, 3.05) is 40.4 Å². The highest BCUT2D eigenvalue weighted by atomic mass is 16.6. The number of amides is 1. The molecule has 1 aromatic heterocycles. The third-order valence-corrected chi connectivity index (χ3v) is 6.78. The Hall–Kier alpha value is -3.06. The van der Waals surface area contributed by atoms with Crippen molar-refractivity contribution in [3.05, 3.63) is 47.8 Å². The van der Waals surface area contributed by atoms with Crippen LogP contribution in [0.5, 0.6) is 11.5 Å². The number of likely N-dealkylation sites (tertiary alicyclic amines) is 1. The van der Waals surface area contributed by atoms with Gasteiger partial charge in [-0.05, 0) is 69.7 Å². The second-order valence-corrected chi connectivity index (χ2v) is 9.10. The van der Waals surface area contributed by atoms with Crippen molar-refractivity contribution in [1.82, 2.24) is 19.4 Å². The summed E-state index contributed by atoms with van der Waals surface area (Å²) in [5.74, 6) is 2.58. The fraction of sp³-hybridized carbons (Fsp3) is 0.462. The van der Waals surface area contributed by atoms with Crippen LogP contribution in [0.4, 0.5) is 0 Å². The van der Waals surface area contributed by atoms with Crippen LogP contribution >= 0.6 is 0 Å². The van der Waals surface area contributed by atoms with Gasteiger partial charge < -0.3 is 19.3 Å². The quantitative estimate of drug-likeness (QED) is 0.592. The lowest BCUT2D eigenvalue weighted by atomic mass is 10.0. The molecule has 7 nitrogen and oxygen atoms in total. The maximum absolute atomic E-state index is 13.3. The van der Waals surface area contributed by atoms with Gasteiger partial charge in [-0.2, -0.15) is 0 Å². The Balaban J connectivity index is 1.49. The molecule has 1 saturated heterocycles. The van der Waals surface area contributed by atoms with Crippen molar-refractivity contribution >= 4 is 16.9 Å². The first kappa shape index (κ1) is 21.8. The van der Waals surface area contributed by atoms with E-state index in [1.54, 1.807) is 0 Å². The van der Waals surface area contributed by atoms with Crippen molar-refractivity contribution in [2.45, 2.75) is 38.6 Å². The molecule has 3 heterocycles. The number of aryl methyl sites for hydroxylation is 1. The minimum Gasteiger partial charge on any atom is -0.486 e. The van der Waals surface area contributed by atoms with Crippen molar-refractivity contribution in [3.8, 4) is 17.2 Å². The summed E-state index contributed by atoms with van der Waals surface area (Å²) in [5.41, 5.74) is 3.52. The van der Waals surface area contributed by atoms with E-state index in [0.717, 1.165) is 72.8 Å². The van der Waals surface area contributed by atoms with Crippen LogP contribution in [0, 0.1) is 0 Å². The van der Waals surface area contributed by atoms with E-state index in [2.05, 4.69) is 23.4 Å². The molecule has 1 fully saturated rings. The summed E-state index contributed by atoms with van der Waals surface area (Å²) < 4.78 is 13.7. The van der Waals surface area contributed by atoms with Crippen LogP contribution in [0.1, 0.15) is 42.4 Å². The maximum Gasteiger partial charge on any atom is 0.253 e. The Morgan fingerprint density at radius 1 is 1.09 bits per heavy atom. The molecule has 0 unspecified atom stereocenters. The molecule has 2 aliphatic rings. The van der Waals surface area contributed by atoms with E-state index in [1.165, 1.54) is 0 Å². The Labute approximate surface area is 194 Å². The average molecular weight is 449 g/mol. The number of aromatic nitrogens is 2. The molecule has 0 aliphatic carbocycles. The first-order valence-electron chi connectivity index (χ1n) is 11.9. The smallest absolute Gasteiger partial charge is 0.253 e. The predicted octanol–water partition coefficient (Wildman–Crippen LogP) is 3.92. The summed E-state index contributed by atoms with van der Waals surface area (Å²) in [4.78, 5) is 22.4. The number of carbonyl (C=O) groups excluding carboxylic acids is 1. The van der Waals surface area contributed by atoms with Crippen molar-refractivity contribution in [2.24, 2.45) is 0 Å². The number of piperidine rings is 1. The monoisotopic (exact) mass is 448 g/mol. The molecule has 0 atom stereocenters. The minimum atomic E-state index is 0.0670. The van der Waals surface area contributed by atoms with Gasteiger partial charge in [-0.25, -0.2) is 4.98 Å². The van der Waals surface area contributed by atoms with Crippen LogP contribution in [0.2, 0.25) is 0 Å². The first-order valence-corrected chi connectivity index (χ1v) is 11.9. The summed E-state index contributed by atoms with van der Waals surface area (Å²) in [5, 5.41) is 0. The molecule has 3 aromatic rings. The van der Waals surface area contributed by atoms with Crippen LogP contribution in [0.15, 0.2) is 36.4 Å². The van der Waals surface area contributed by atoms with Gasteiger partial charge in [-0.15, -0.1) is 0 Å². The number of nitrogens with zero attached hydrogens (tertiary/aromatic N) is 4. The van der Waals surface area contributed by atoms with Gasteiger partial charge in [0.15, 0.2) is 11.5 Å². The number of fused-ring (bicyclic) bond motifs is 2. The number of carbonyl (C=O) groups is 1. The van der Waals surface area contributed by atoms with E-state index in [-0.39, 0.29) is 11.9 Å². The fourth-order valence-electron chi connectivity index (χ4n) is 4.87. The van der Waals surface area contributed by atoms with Gasteiger partial charge in [-0.3, -0.25) is 9.36 Å². The van der Waals surface area contributed by atoms with Crippen molar-refractivity contribution in [3.63, 3.8) is 0 Å². The lowest BCUT2D eigenvalue weighted by molar-refractivity contribution is 0.0659. The summed E-state index contributed by atoms with van der Waals surface area (Å²) in [6, 6.07) is 12.2. The van der Waals surface area contributed by atoms with E-state index in [9.17, 15) is 4.79 Å². The highest BCUT2D eigenvalue weighted by Gasteiger charge is 2.25. The maximum atomic E-state index is 13.3. The molecular weight excluding hydrogens is 416 g/mol. The molecule has 0 saturated carbocycles. The Bertz CT molecular complexity index is 1160. The van der Waals surface area contributed by atoms with E-state index >= 15 is 0 Å². The number of imidazole rings is 1. The summed E-state index contributed by atoms with van der Waals surface area (Å²) in [7, 11) is 4.07. The van der Waals surface area contributed by atoms with Gasteiger partial charge in [-0.1, -0.05) is 6.92 Å². The molecule has 1 amide bonds. The molecule has 174 valence electrons. The van der Waals surface area contributed by atoms with Crippen LogP contribution in [0.3, 0.4) is 0 Å². The predicted molar refractivity (Wildman–Crippen MR) is 129 cm³/mol. The lowest BCUT2D eigenvalue weighted by Crippen LogP contribution is -2.44. The summed E-state index contributed by atoms with van der Waals surface area (Å²) in [6.45, 7) is 5.34.